The summed E-state index contributed by atoms with van der Waals surface area (Å²) in [6.45, 7) is 22.7. The molecule has 0 bridgehead atoms. The molecule has 0 amide bonds. The van der Waals surface area contributed by atoms with Crippen LogP contribution < -0.4 is 0 Å². The second-order valence-corrected chi connectivity index (χ2v) is 11.1. The fraction of sp³-hybridized carbons (Fsp3) is 0.933. The van der Waals surface area contributed by atoms with Crippen molar-refractivity contribution in [2.75, 3.05) is 0 Å². The van der Waals surface area contributed by atoms with Gasteiger partial charge in [-0.15, -0.1) is 0 Å². The Bertz CT molecular complexity index is 247. The second kappa shape index (κ2) is 6.37. The number of hydrogen-bond acceptors (Lipinski definition) is 1. The average Bonchev–Trinajstić information content (AvgIpc) is 2.06. The van der Waals surface area contributed by atoms with Gasteiger partial charge in [-0.2, -0.15) is 0 Å². The quantitative estimate of drug-likeness (QED) is 0.393. The summed E-state index contributed by atoms with van der Waals surface area (Å²) < 4.78 is 4.97. The van der Waals surface area contributed by atoms with Crippen LogP contribution in [0.15, 0.2) is 4.76 Å². The minimum absolute atomic E-state index is 0.254. The van der Waals surface area contributed by atoms with E-state index >= 15 is 0 Å². The van der Waals surface area contributed by atoms with Crippen molar-refractivity contribution in [3.8, 4) is 0 Å². The smallest absolute Gasteiger partial charge is 0.0898 e. The SMILES string of the molecule is CC(C)N(/C=N/P(C(C)(C)C)C(C)(C)C)C(C)C. The average molecular weight is 272 g/mol. The molecule has 0 fully saturated rings. The normalized spacial score (nSPS) is 14.3. The lowest BCUT2D eigenvalue weighted by atomic mass is 10.2. The van der Waals surface area contributed by atoms with Crippen LogP contribution in [-0.4, -0.2) is 33.6 Å². The first-order chi connectivity index (χ1) is 7.87. The van der Waals surface area contributed by atoms with Crippen molar-refractivity contribution in [2.45, 2.75) is 91.6 Å². The minimum Gasteiger partial charge on any atom is -0.358 e. The van der Waals surface area contributed by atoms with Crippen molar-refractivity contribution in [3.63, 3.8) is 0 Å². The van der Waals surface area contributed by atoms with Crippen LogP contribution in [0.4, 0.5) is 0 Å². The van der Waals surface area contributed by atoms with E-state index in [4.69, 9.17) is 4.76 Å². The molecule has 18 heavy (non-hydrogen) atoms. The molecule has 0 aliphatic carbocycles. The van der Waals surface area contributed by atoms with Crippen molar-refractivity contribution in [3.05, 3.63) is 0 Å². The Morgan fingerprint density at radius 3 is 1.39 bits per heavy atom. The van der Waals surface area contributed by atoms with Crippen LogP contribution in [0.1, 0.15) is 69.2 Å². The maximum atomic E-state index is 4.97. The maximum absolute atomic E-state index is 4.97. The van der Waals surface area contributed by atoms with E-state index in [0.29, 0.717) is 12.1 Å². The molecule has 0 spiro atoms. The van der Waals surface area contributed by atoms with Crippen LogP contribution in [0.5, 0.6) is 0 Å². The molecule has 0 saturated heterocycles. The summed E-state index contributed by atoms with van der Waals surface area (Å²) in [7, 11) is -0.397. The highest BCUT2D eigenvalue weighted by Crippen LogP contribution is 2.60. The Morgan fingerprint density at radius 1 is 0.833 bits per heavy atom. The van der Waals surface area contributed by atoms with Gasteiger partial charge in [-0.05, 0) is 27.7 Å². The fourth-order valence-electron chi connectivity index (χ4n) is 2.33. The van der Waals surface area contributed by atoms with Gasteiger partial charge in [0.05, 0.1) is 6.34 Å². The van der Waals surface area contributed by atoms with Crippen LogP contribution in [0, 0.1) is 0 Å². The van der Waals surface area contributed by atoms with Crippen molar-refractivity contribution < 1.29 is 0 Å². The predicted molar refractivity (Wildman–Crippen MR) is 87.0 cm³/mol. The van der Waals surface area contributed by atoms with Gasteiger partial charge in [-0.25, -0.2) is 0 Å². The number of rotatable bonds is 4. The van der Waals surface area contributed by atoms with Gasteiger partial charge in [-0.3, -0.25) is 4.76 Å². The molecule has 0 aliphatic rings. The Kier molecular flexibility index (Phi) is 6.33. The van der Waals surface area contributed by atoms with E-state index in [0.717, 1.165) is 0 Å². The predicted octanol–water partition coefficient (Wildman–Crippen LogP) is 5.13. The maximum Gasteiger partial charge on any atom is 0.0898 e. The van der Waals surface area contributed by atoms with E-state index in [1.54, 1.807) is 0 Å². The summed E-state index contributed by atoms with van der Waals surface area (Å²) in [5, 5.41) is 0.507. The Morgan fingerprint density at radius 2 is 1.17 bits per heavy atom. The molecule has 3 heteroatoms. The van der Waals surface area contributed by atoms with Gasteiger partial charge < -0.3 is 4.90 Å². The lowest BCUT2D eigenvalue weighted by Gasteiger charge is -2.38. The molecule has 0 atom stereocenters. The second-order valence-electron chi connectivity index (χ2n) is 7.52. The monoisotopic (exact) mass is 272 g/mol. The summed E-state index contributed by atoms with van der Waals surface area (Å²) in [6.07, 6.45) is 2.09. The molecule has 0 aromatic carbocycles. The highest BCUT2D eigenvalue weighted by atomic mass is 31.1. The van der Waals surface area contributed by atoms with E-state index < -0.39 is 8.07 Å². The molecule has 0 aromatic heterocycles. The zero-order chi connectivity index (χ0) is 14.7. The summed E-state index contributed by atoms with van der Waals surface area (Å²) >= 11 is 0. The van der Waals surface area contributed by atoms with E-state index in [-0.39, 0.29) is 10.3 Å². The zero-order valence-electron chi connectivity index (χ0n) is 14.1. The molecule has 0 aromatic rings. The van der Waals surface area contributed by atoms with E-state index in [2.05, 4.69) is 80.5 Å². The molecule has 108 valence electrons. The van der Waals surface area contributed by atoms with Crippen LogP contribution in [-0.2, 0) is 0 Å². The third-order valence-corrected chi connectivity index (χ3v) is 5.64. The molecular formula is C15H33N2P. The summed E-state index contributed by atoms with van der Waals surface area (Å²) in [4.78, 5) is 2.34. The molecular weight excluding hydrogens is 239 g/mol. The van der Waals surface area contributed by atoms with Crippen molar-refractivity contribution >= 4 is 14.4 Å². The Labute approximate surface area is 116 Å². The van der Waals surface area contributed by atoms with Gasteiger partial charge in [0.15, 0.2) is 0 Å². The first-order valence-electron chi connectivity index (χ1n) is 6.99. The molecule has 0 radical (unpaired) electrons. The van der Waals surface area contributed by atoms with Gasteiger partial charge in [0.1, 0.15) is 0 Å². The van der Waals surface area contributed by atoms with Crippen LogP contribution >= 0.6 is 8.07 Å². The van der Waals surface area contributed by atoms with Gasteiger partial charge >= 0.3 is 0 Å². The zero-order valence-corrected chi connectivity index (χ0v) is 15.0. The van der Waals surface area contributed by atoms with Crippen LogP contribution in [0.2, 0.25) is 0 Å². The molecule has 0 aliphatic heterocycles. The highest BCUT2D eigenvalue weighted by molar-refractivity contribution is 7.59. The topological polar surface area (TPSA) is 15.6 Å². The molecule has 0 rings (SSSR count). The molecule has 0 unspecified atom stereocenters. The fourth-order valence-corrected chi connectivity index (χ4v) is 5.25. The van der Waals surface area contributed by atoms with Crippen LogP contribution in [0.25, 0.3) is 0 Å². The molecule has 0 heterocycles. The van der Waals surface area contributed by atoms with Crippen LogP contribution in [0.3, 0.4) is 0 Å². The van der Waals surface area contributed by atoms with Gasteiger partial charge in [0.2, 0.25) is 0 Å². The Hall–Kier alpha value is -0.100. The third kappa shape index (κ3) is 5.69. The van der Waals surface area contributed by atoms with E-state index in [1.807, 2.05) is 0 Å². The van der Waals surface area contributed by atoms with E-state index in [1.165, 1.54) is 0 Å². The lowest BCUT2D eigenvalue weighted by molar-refractivity contribution is 0.302. The summed E-state index contributed by atoms with van der Waals surface area (Å²) in [6, 6.07) is 1.01. The largest absolute Gasteiger partial charge is 0.358 e. The first kappa shape index (κ1) is 17.9. The minimum atomic E-state index is -0.397. The van der Waals surface area contributed by atoms with Gasteiger partial charge in [0.25, 0.3) is 0 Å². The highest BCUT2D eigenvalue weighted by Gasteiger charge is 2.34. The number of nitrogens with zero attached hydrogens (tertiary/aromatic N) is 2. The summed E-state index contributed by atoms with van der Waals surface area (Å²) in [5.74, 6) is 0. The standard InChI is InChI=1S/C15H33N2P/c1-12(2)17(13(3)4)11-16-18(14(5,6)7)15(8,9)10/h11-13H,1-10H3/b16-11+. The van der Waals surface area contributed by atoms with Gasteiger partial charge in [0, 0.05) is 30.5 Å². The first-order valence-corrected chi connectivity index (χ1v) is 8.28. The van der Waals surface area contributed by atoms with E-state index in [9.17, 15) is 0 Å². The van der Waals surface area contributed by atoms with Gasteiger partial charge in [-0.1, -0.05) is 41.5 Å². The van der Waals surface area contributed by atoms with Crippen molar-refractivity contribution in [1.29, 1.82) is 0 Å². The molecule has 2 nitrogen and oxygen atoms in total. The van der Waals surface area contributed by atoms with Crippen molar-refractivity contribution in [2.24, 2.45) is 4.76 Å². The molecule has 0 saturated carbocycles. The molecule has 0 N–H and O–H groups in total. The lowest BCUT2D eigenvalue weighted by Crippen LogP contribution is -2.36. The number of hydrogen-bond donors (Lipinski definition) is 0. The van der Waals surface area contributed by atoms with Crippen molar-refractivity contribution in [1.82, 2.24) is 4.90 Å². The third-order valence-electron chi connectivity index (χ3n) is 2.76. The Balaban J connectivity index is 5.10. The summed E-state index contributed by atoms with van der Waals surface area (Å²) in [5.41, 5.74) is 0.